The Morgan fingerprint density at radius 1 is 1.48 bits per heavy atom. The number of aromatic nitrogens is 3. The number of aryl methyl sites for hydroxylation is 1. The number of hydrogen-bond acceptors (Lipinski definition) is 6. The van der Waals surface area contributed by atoms with Gasteiger partial charge in [0.15, 0.2) is 5.69 Å². The largest absolute Gasteiger partial charge is 0.389 e. The number of nitrogens with zero attached hydrogens (tertiary/aromatic N) is 4. The second kappa shape index (κ2) is 6.79. The van der Waals surface area contributed by atoms with Crippen molar-refractivity contribution in [2.24, 2.45) is 17.8 Å². The Kier molecular flexibility index (Phi) is 4.45. The molecule has 0 aromatic carbocycles. The molecule has 0 aliphatic heterocycles. The SMILES string of the molecule is Cc1onc(C(=O)NC(C)C2CC3CCC2C3)c1Cn1ccc([N+](=O)[O-])n1. The fourth-order valence-electron chi connectivity index (χ4n) is 4.74. The molecule has 0 saturated heterocycles. The average Bonchev–Trinajstić information content (AvgIpc) is 3.40. The highest BCUT2D eigenvalue weighted by atomic mass is 16.6. The van der Waals surface area contributed by atoms with Gasteiger partial charge >= 0.3 is 5.82 Å². The zero-order valence-electron chi connectivity index (χ0n) is 15.4. The summed E-state index contributed by atoms with van der Waals surface area (Å²) in [5.74, 6) is 2.07. The molecule has 2 aliphatic rings. The van der Waals surface area contributed by atoms with Gasteiger partial charge in [-0.15, -0.1) is 0 Å². The predicted octanol–water partition coefficient (Wildman–Crippen LogP) is 2.69. The molecule has 27 heavy (non-hydrogen) atoms. The minimum atomic E-state index is -0.554. The van der Waals surface area contributed by atoms with Gasteiger partial charge in [-0.25, -0.2) is 0 Å². The topological polar surface area (TPSA) is 116 Å². The van der Waals surface area contributed by atoms with Crippen molar-refractivity contribution in [3.63, 3.8) is 0 Å². The highest BCUT2D eigenvalue weighted by Crippen LogP contribution is 2.49. The maximum Gasteiger partial charge on any atom is 0.389 e. The first-order valence-corrected chi connectivity index (χ1v) is 9.36. The number of amides is 1. The molecule has 2 fully saturated rings. The summed E-state index contributed by atoms with van der Waals surface area (Å²) in [7, 11) is 0. The minimum Gasteiger partial charge on any atom is -0.361 e. The lowest BCUT2D eigenvalue weighted by Crippen LogP contribution is -2.40. The first-order valence-electron chi connectivity index (χ1n) is 9.36. The Balaban J connectivity index is 1.47. The Labute approximate surface area is 156 Å². The highest BCUT2D eigenvalue weighted by molar-refractivity contribution is 5.94. The van der Waals surface area contributed by atoms with Crippen molar-refractivity contribution >= 4 is 11.7 Å². The van der Waals surface area contributed by atoms with E-state index >= 15 is 0 Å². The van der Waals surface area contributed by atoms with Gasteiger partial charge in [-0.1, -0.05) is 11.6 Å². The van der Waals surface area contributed by atoms with Crippen LogP contribution >= 0.6 is 0 Å². The number of carbonyl (C=O) groups is 1. The maximum atomic E-state index is 12.8. The first-order chi connectivity index (χ1) is 12.9. The molecule has 2 aromatic rings. The number of hydrogen-bond donors (Lipinski definition) is 1. The summed E-state index contributed by atoms with van der Waals surface area (Å²) in [6.45, 7) is 3.97. The van der Waals surface area contributed by atoms with Gasteiger partial charge in [0.2, 0.25) is 0 Å². The van der Waals surface area contributed by atoms with Crippen LogP contribution < -0.4 is 5.32 Å². The quantitative estimate of drug-likeness (QED) is 0.615. The standard InChI is InChI=1S/C18H23N5O4/c1-10(14-8-12-3-4-13(14)7-12)19-18(24)17-15(11(2)27-21-17)9-22-6-5-16(20-22)23(25)26/h5-6,10,12-14H,3-4,7-9H2,1-2H3,(H,19,24). The monoisotopic (exact) mass is 373 g/mol. The van der Waals surface area contributed by atoms with Gasteiger partial charge in [0.1, 0.15) is 5.76 Å². The molecule has 2 aromatic heterocycles. The Morgan fingerprint density at radius 3 is 2.93 bits per heavy atom. The second-order valence-electron chi connectivity index (χ2n) is 7.80. The lowest BCUT2D eigenvalue weighted by Gasteiger charge is -2.28. The van der Waals surface area contributed by atoms with Gasteiger partial charge in [-0.3, -0.25) is 4.79 Å². The van der Waals surface area contributed by atoms with Crippen molar-refractivity contribution < 1.29 is 14.2 Å². The molecule has 2 saturated carbocycles. The van der Waals surface area contributed by atoms with Crippen LogP contribution in [0.2, 0.25) is 0 Å². The zero-order chi connectivity index (χ0) is 19.1. The molecule has 0 spiro atoms. The molecule has 9 nitrogen and oxygen atoms in total. The van der Waals surface area contributed by atoms with E-state index in [1.807, 2.05) is 0 Å². The molecule has 4 atom stereocenters. The van der Waals surface area contributed by atoms with Crippen LogP contribution in [-0.4, -0.2) is 31.8 Å². The summed E-state index contributed by atoms with van der Waals surface area (Å²) in [4.78, 5) is 23.0. The molecule has 4 rings (SSSR count). The molecule has 2 bridgehead atoms. The molecular weight excluding hydrogens is 350 g/mol. The summed E-state index contributed by atoms with van der Waals surface area (Å²) in [5, 5.41) is 21.7. The van der Waals surface area contributed by atoms with E-state index in [2.05, 4.69) is 22.5 Å². The number of carbonyl (C=O) groups excluding carboxylic acids is 1. The molecule has 9 heteroatoms. The predicted molar refractivity (Wildman–Crippen MR) is 95.1 cm³/mol. The lowest BCUT2D eigenvalue weighted by molar-refractivity contribution is -0.389. The van der Waals surface area contributed by atoms with Crippen LogP contribution in [0, 0.1) is 34.8 Å². The molecule has 1 N–H and O–H groups in total. The summed E-state index contributed by atoms with van der Waals surface area (Å²) < 4.78 is 6.62. The molecule has 2 aliphatic carbocycles. The third kappa shape index (κ3) is 3.33. The van der Waals surface area contributed by atoms with Crippen molar-refractivity contribution in [2.75, 3.05) is 0 Å². The molecule has 1 amide bonds. The Morgan fingerprint density at radius 2 is 2.30 bits per heavy atom. The van der Waals surface area contributed by atoms with Crippen LogP contribution in [0.5, 0.6) is 0 Å². The van der Waals surface area contributed by atoms with Crippen molar-refractivity contribution in [1.29, 1.82) is 0 Å². The van der Waals surface area contributed by atoms with Crippen LogP contribution in [0.25, 0.3) is 0 Å². The smallest absolute Gasteiger partial charge is 0.361 e. The number of fused-ring (bicyclic) bond motifs is 2. The van der Waals surface area contributed by atoms with E-state index < -0.39 is 4.92 Å². The van der Waals surface area contributed by atoms with E-state index in [4.69, 9.17) is 4.52 Å². The normalized spacial score (nSPS) is 24.9. The molecule has 144 valence electrons. The fourth-order valence-corrected chi connectivity index (χ4v) is 4.74. The van der Waals surface area contributed by atoms with Crippen LogP contribution in [0.15, 0.2) is 16.8 Å². The third-order valence-corrected chi connectivity index (χ3v) is 6.13. The second-order valence-corrected chi connectivity index (χ2v) is 7.80. The van der Waals surface area contributed by atoms with Gasteiger partial charge in [0.05, 0.1) is 29.5 Å². The van der Waals surface area contributed by atoms with Crippen molar-refractivity contribution in [2.45, 2.75) is 52.1 Å². The van der Waals surface area contributed by atoms with Gasteiger partial charge < -0.3 is 20.0 Å². The van der Waals surface area contributed by atoms with Crippen LogP contribution in [-0.2, 0) is 6.54 Å². The Hall–Kier alpha value is -2.71. The summed E-state index contributed by atoms with van der Waals surface area (Å²) in [5.41, 5.74) is 0.811. The maximum absolute atomic E-state index is 12.8. The zero-order valence-corrected chi connectivity index (χ0v) is 15.4. The van der Waals surface area contributed by atoms with Gasteiger partial charge in [-0.05, 0) is 55.8 Å². The third-order valence-electron chi connectivity index (χ3n) is 6.13. The van der Waals surface area contributed by atoms with E-state index in [0.29, 0.717) is 23.2 Å². The number of rotatable bonds is 6. The minimum absolute atomic E-state index is 0.0865. The van der Waals surface area contributed by atoms with Crippen LogP contribution in [0.4, 0.5) is 5.82 Å². The van der Waals surface area contributed by atoms with E-state index in [0.717, 1.165) is 5.92 Å². The van der Waals surface area contributed by atoms with E-state index in [9.17, 15) is 14.9 Å². The molecule has 2 heterocycles. The average molecular weight is 373 g/mol. The van der Waals surface area contributed by atoms with Gasteiger partial charge in [-0.2, -0.15) is 4.68 Å². The number of nitrogens with one attached hydrogen (secondary N) is 1. The van der Waals surface area contributed by atoms with Gasteiger partial charge in [0.25, 0.3) is 5.91 Å². The van der Waals surface area contributed by atoms with Crippen molar-refractivity contribution in [1.82, 2.24) is 20.3 Å². The van der Waals surface area contributed by atoms with E-state index in [1.165, 1.54) is 42.6 Å². The van der Waals surface area contributed by atoms with Crippen LogP contribution in [0.3, 0.4) is 0 Å². The number of nitro groups is 1. The van der Waals surface area contributed by atoms with Crippen LogP contribution in [0.1, 0.15) is 54.4 Å². The lowest BCUT2D eigenvalue weighted by atomic mass is 9.84. The Bertz CT molecular complexity index is 873. The van der Waals surface area contributed by atoms with E-state index in [-0.39, 0.29) is 30.0 Å². The van der Waals surface area contributed by atoms with Crippen molar-refractivity contribution in [3.05, 3.63) is 39.4 Å². The van der Waals surface area contributed by atoms with E-state index in [1.54, 1.807) is 6.92 Å². The summed E-state index contributed by atoms with van der Waals surface area (Å²) >= 11 is 0. The molecule has 4 unspecified atom stereocenters. The fraction of sp³-hybridized carbons (Fsp3) is 0.611. The molecule has 0 radical (unpaired) electrons. The first kappa shape index (κ1) is 17.7. The highest BCUT2D eigenvalue weighted by Gasteiger charge is 2.42. The van der Waals surface area contributed by atoms with Crippen molar-refractivity contribution in [3.8, 4) is 0 Å². The van der Waals surface area contributed by atoms with Gasteiger partial charge in [0, 0.05) is 6.04 Å². The summed E-state index contributed by atoms with van der Waals surface area (Å²) in [6.07, 6.45) is 6.57. The molecular formula is C18H23N5O4. The summed E-state index contributed by atoms with van der Waals surface area (Å²) in [6, 6.07) is 1.41.